The van der Waals surface area contributed by atoms with Gasteiger partial charge in [-0.3, -0.25) is 13.9 Å². The average molecular weight is 274 g/mol. The van der Waals surface area contributed by atoms with Crippen LogP contribution in [0, 0.1) is 5.82 Å². The summed E-state index contributed by atoms with van der Waals surface area (Å²) in [7, 11) is 0. The minimum absolute atomic E-state index is 0.0561. The number of nitrogens with zero attached hydrogens (tertiary/aromatic N) is 2. The first-order valence-electron chi connectivity index (χ1n) is 6.71. The van der Waals surface area contributed by atoms with Crippen molar-refractivity contribution in [2.24, 2.45) is 0 Å². The van der Waals surface area contributed by atoms with Gasteiger partial charge in [-0.15, -0.1) is 0 Å². The molecule has 4 nitrogen and oxygen atoms in total. The number of aromatic nitrogens is 2. The largest absolute Gasteiger partial charge is 0.328 e. The van der Waals surface area contributed by atoms with Crippen LogP contribution in [0.3, 0.4) is 0 Å². The lowest BCUT2D eigenvalue weighted by atomic mass is 10.1. The van der Waals surface area contributed by atoms with Crippen molar-refractivity contribution >= 4 is 5.78 Å². The summed E-state index contributed by atoms with van der Waals surface area (Å²) in [6.45, 7) is 0.356. The Kier molecular flexibility index (Phi) is 3.26. The second kappa shape index (κ2) is 5.07. The molecule has 0 spiro atoms. The number of aryl methyl sites for hydroxylation is 1. The zero-order chi connectivity index (χ0) is 14.1. The van der Waals surface area contributed by atoms with Gasteiger partial charge in [-0.25, -0.2) is 9.18 Å². The summed E-state index contributed by atoms with van der Waals surface area (Å²) >= 11 is 0. The number of carbonyl (C=O) groups excluding carboxylic acids is 1. The molecule has 0 radical (unpaired) electrons. The standard InChI is InChI=1S/C15H15FN2O2/c16-12-3-1-11(2-4-12)14(19)7-8-17-9-10-18(15(17)20)13-5-6-13/h1-4,9-10,13H,5-8H2. The third-order valence-corrected chi connectivity index (χ3v) is 3.56. The number of benzene rings is 1. The van der Waals surface area contributed by atoms with Crippen molar-refractivity contribution in [3.8, 4) is 0 Å². The summed E-state index contributed by atoms with van der Waals surface area (Å²) in [6.07, 6.45) is 5.85. The molecule has 0 atom stereocenters. The number of rotatable bonds is 5. The maximum absolute atomic E-state index is 12.8. The van der Waals surface area contributed by atoms with Gasteiger partial charge >= 0.3 is 5.69 Å². The van der Waals surface area contributed by atoms with Crippen LogP contribution in [0.15, 0.2) is 41.5 Å². The van der Waals surface area contributed by atoms with Crippen molar-refractivity contribution in [2.45, 2.75) is 31.8 Å². The highest BCUT2D eigenvalue weighted by molar-refractivity contribution is 5.95. The van der Waals surface area contributed by atoms with E-state index in [9.17, 15) is 14.0 Å². The van der Waals surface area contributed by atoms with E-state index in [1.807, 2.05) is 0 Å². The third kappa shape index (κ3) is 2.57. The monoisotopic (exact) mass is 274 g/mol. The van der Waals surface area contributed by atoms with Crippen LogP contribution in [0.1, 0.15) is 35.7 Å². The summed E-state index contributed by atoms with van der Waals surface area (Å²) in [5.74, 6) is -0.449. The Hall–Kier alpha value is -2.17. The van der Waals surface area contributed by atoms with Crippen LogP contribution in [0.4, 0.5) is 4.39 Å². The Morgan fingerprint density at radius 1 is 1.20 bits per heavy atom. The summed E-state index contributed by atoms with van der Waals surface area (Å²) in [6, 6.07) is 5.81. The zero-order valence-corrected chi connectivity index (χ0v) is 11.0. The molecule has 0 aliphatic heterocycles. The molecule has 3 rings (SSSR count). The van der Waals surface area contributed by atoms with E-state index < -0.39 is 0 Å². The van der Waals surface area contributed by atoms with Crippen molar-refractivity contribution in [3.63, 3.8) is 0 Å². The van der Waals surface area contributed by atoms with E-state index in [1.165, 1.54) is 24.3 Å². The Bertz CT molecular complexity index is 681. The molecule has 1 aliphatic rings. The fourth-order valence-electron chi connectivity index (χ4n) is 2.23. The number of hydrogen-bond donors (Lipinski definition) is 0. The van der Waals surface area contributed by atoms with E-state index in [1.54, 1.807) is 21.5 Å². The number of carbonyl (C=O) groups is 1. The first kappa shape index (κ1) is 12.8. The van der Waals surface area contributed by atoms with Crippen molar-refractivity contribution in [3.05, 3.63) is 58.5 Å². The molecule has 104 valence electrons. The number of halogens is 1. The van der Waals surface area contributed by atoms with Crippen LogP contribution in [0.2, 0.25) is 0 Å². The van der Waals surface area contributed by atoms with Gasteiger partial charge in [-0.1, -0.05) is 0 Å². The highest BCUT2D eigenvalue weighted by Crippen LogP contribution is 2.33. The molecule has 0 unspecified atom stereocenters. The van der Waals surface area contributed by atoms with Crippen LogP contribution < -0.4 is 5.69 Å². The maximum atomic E-state index is 12.8. The van der Waals surface area contributed by atoms with Gasteiger partial charge in [0.1, 0.15) is 5.82 Å². The van der Waals surface area contributed by atoms with Crippen molar-refractivity contribution < 1.29 is 9.18 Å². The molecule has 1 aliphatic carbocycles. The SMILES string of the molecule is O=C(CCn1ccn(C2CC2)c1=O)c1ccc(F)cc1. The van der Waals surface area contributed by atoms with Gasteiger partial charge in [-0.05, 0) is 37.1 Å². The molecule has 1 saturated carbocycles. The minimum Gasteiger partial charge on any atom is -0.299 e. The van der Waals surface area contributed by atoms with Crippen molar-refractivity contribution in [1.29, 1.82) is 0 Å². The lowest BCUT2D eigenvalue weighted by Gasteiger charge is -2.02. The molecule has 0 N–H and O–H groups in total. The molecular formula is C15H15FN2O2. The van der Waals surface area contributed by atoms with E-state index in [0.717, 1.165) is 12.8 Å². The molecule has 0 amide bonds. The van der Waals surface area contributed by atoms with Crippen molar-refractivity contribution in [1.82, 2.24) is 9.13 Å². The van der Waals surface area contributed by atoms with Gasteiger partial charge in [0, 0.05) is 37.0 Å². The summed E-state index contributed by atoms with van der Waals surface area (Å²) in [4.78, 5) is 24.0. The molecule has 2 aromatic rings. The zero-order valence-electron chi connectivity index (χ0n) is 11.0. The smallest absolute Gasteiger partial charge is 0.299 e. The van der Waals surface area contributed by atoms with Crippen LogP contribution in [0.5, 0.6) is 0 Å². The molecule has 1 aromatic heterocycles. The number of Topliss-reactive ketones (excluding diaryl/α,β-unsaturated/α-hetero) is 1. The summed E-state index contributed by atoms with van der Waals surface area (Å²) in [5.41, 5.74) is 0.417. The van der Waals surface area contributed by atoms with E-state index in [0.29, 0.717) is 18.2 Å². The molecule has 0 saturated heterocycles. The highest BCUT2D eigenvalue weighted by atomic mass is 19.1. The first-order chi connectivity index (χ1) is 9.65. The fourth-order valence-corrected chi connectivity index (χ4v) is 2.23. The topological polar surface area (TPSA) is 44.0 Å². The normalized spacial score (nSPS) is 14.4. The third-order valence-electron chi connectivity index (χ3n) is 3.56. The number of imidazole rings is 1. The summed E-state index contributed by atoms with van der Waals surface area (Å²) < 4.78 is 16.1. The molecular weight excluding hydrogens is 259 g/mol. The Morgan fingerprint density at radius 3 is 2.55 bits per heavy atom. The van der Waals surface area contributed by atoms with Crippen LogP contribution in [0.25, 0.3) is 0 Å². The van der Waals surface area contributed by atoms with Gasteiger partial charge in [0.15, 0.2) is 5.78 Å². The molecule has 1 aromatic carbocycles. The molecule has 1 heterocycles. The minimum atomic E-state index is -0.362. The quantitative estimate of drug-likeness (QED) is 0.786. The lowest BCUT2D eigenvalue weighted by Crippen LogP contribution is -2.24. The van der Waals surface area contributed by atoms with Gasteiger partial charge in [0.2, 0.25) is 0 Å². The molecule has 1 fully saturated rings. The fraction of sp³-hybridized carbons (Fsp3) is 0.333. The highest BCUT2D eigenvalue weighted by Gasteiger charge is 2.25. The average Bonchev–Trinajstić information content (AvgIpc) is 3.22. The Balaban J connectivity index is 1.65. The van der Waals surface area contributed by atoms with Crippen LogP contribution in [-0.4, -0.2) is 14.9 Å². The molecule has 5 heteroatoms. The predicted molar refractivity (Wildman–Crippen MR) is 72.3 cm³/mol. The van der Waals surface area contributed by atoms with E-state index >= 15 is 0 Å². The maximum Gasteiger partial charge on any atom is 0.328 e. The Labute approximate surface area is 115 Å². The second-order valence-electron chi connectivity index (χ2n) is 5.09. The molecule has 20 heavy (non-hydrogen) atoms. The number of ketones is 1. The van der Waals surface area contributed by atoms with Crippen LogP contribution in [-0.2, 0) is 6.54 Å². The first-order valence-corrected chi connectivity index (χ1v) is 6.71. The van der Waals surface area contributed by atoms with Gasteiger partial charge in [0.25, 0.3) is 0 Å². The molecule has 0 bridgehead atoms. The van der Waals surface area contributed by atoms with E-state index in [-0.39, 0.29) is 23.7 Å². The second-order valence-corrected chi connectivity index (χ2v) is 5.09. The van der Waals surface area contributed by atoms with E-state index in [2.05, 4.69) is 0 Å². The van der Waals surface area contributed by atoms with Crippen LogP contribution >= 0.6 is 0 Å². The summed E-state index contributed by atoms with van der Waals surface area (Å²) in [5, 5.41) is 0. The predicted octanol–water partition coefficient (Wildman–Crippen LogP) is 2.40. The lowest BCUT2D eigenvalue weighted by molar-refractivity contribution is 0.0976. The van der Waals surface area contributed by atoms with E-state index in [4.69, 9.17) is 0 Å². The van der Waals surface area contributed by atoms with Gasteiger partial charge in [0.05, 0.1) is 0 Å². The Morgan fingerprint density at radius 2 is 1.90 bits per heavy atom. The number of hydrogen-bond acceptors (Lipinski definition) is 2. The van der Waals surface area contributed by atoms with Gasteiger partial charge < -0.3 is 0 Å². The van der Waals surface area contributed by atoms with Gasteiger partial charge in [-0.2, -0.15) is 0 Å². The van der Waals surface area contributed by atoms with Crippen molar-refractivity contribution in [2.75, 3.05) is 0 Å².